The van der Waals surface area contributed by atoms with Gasteiger partial charge >= 0.3 is 18.2 Å². The fraction of sp³-hybridized carbons (Fsp3) is 0.423. The molecule has 2 aromatic rings. The Bertz CT molecular complexity index is 1060. The minimum Gasteiger partial charge on any atom is -0.481 e. The van der Waals surface area contributed by atoms with Crippen molar-refractivity contribution < 1.29 is 29.0 Å². The Morgan fingerprint density at radius 3 is 2.21 bits per heavy atom. The van der Waals surface area contributed by atoms with Gasteiger partial charge in [-0.2, -0.15) is 0 Å². The Morgan fingerprint density at radius 2 is 1.65 bits per heavy atom. The first-order chi connectivity index (χ1) is 16.1. The molecule has 1 fully saturated rings. The predicted octanol–water partition coefficient (Wildman–Crippen LogP) is 4.38. The zero-order chi connectivity index (χ0) is 24.5. The van der Waals surface area contributed by atoms with E-state index in [0.29, 0.717) is 6.42 Å². The van der Waals surface area contributed by atoms with E-state index in [4.69, 9.17) is 9.47 Å². The molecule has 1 heterocycles. The third kappa shape index (κ3) is 5.00. The van der Waals surface area contributed by atoms with Gasteiger partial charge in [0.2, 0.25) is 0 Å². The number of carbonyl (C=O) groups excluding carboxylic acids is 2. The normalized spacial score (nSPS) is 19.3. The first-order valence-electron chi connectivity index (χ1n) is 11.4. The van der Waals surface area contributed by atoms with Gasteiger partial charge in [0, 0.05) is 19.0 Å². The van der Waals surface area contributed by atoms with Crippen LogP contribution in [0.3, 0.4) is 0 Å². The maximum atomic E-state index is 12.8. The van der Waals surface area contributed by atoms with Crippen LogP contribution in [0.15, 0.2) is 48.5 Å². The standard InChI is InChI=1S/C26H30N2O6/c1-25(2,3)34-24(32)28-13-12-26(16-28,14-22(29)30)27-23(31)33-15-21-19-10-6-4-8-17(19)18-9-5-7-11-20(18)21/h4-11,21H,12-16H2,1-3H3,(H,27,31)(H,29,30). The van der Waals surface area contributed by atoms with Crippen LogP contribution in [-0.4, -0.2) is 59.0 Å². The summed E-state index contributed by atoms with van der Waals surface area (Å²) in [4.78, 5) is 38.3. The van der Waals surface area contributed by atoms with Crippen LogP contribution in [0.2, 0.25) is 0 Å². The lowest BCUT2D eigenvalue weighted by molar-refractivity contribution is -0.138. The zero-order valence-electron chi connectivity index (χ0n) is 19.7. The van der Waals surface area contributed by atoms with Gasteiger partial charge in [-0.15, -0.1) is 0 Å². The Labute approximate surface area is 198 Å². The quantitative estimate of drug-likeness (QED) is 0.678. The van der Waals surface area contributed by atoms with E-state index in [9.17, 15) is 19.5 Å². The highest BCUT2D eigenvalue weighted by Gasteiger charge is 2.44. The maximum absolute atomic E-state index is 12.8. The van der Waals surface area contributed by atoms with Crippen LogP contribution < -0.4 is 5.32 Å². The van der Waals surface area contributed by atoms with Crippen LogP contribution in [0.1, 0.15) is 50.7 Å². The van der Waals surface area contributed by atoms with Crippen LogP contribution in [0.5, 0.6) is 0 Å². The number of fused-ring (bicyclic) bond motifs is 3. The summed E-state index contributed by atoms with van der Waals surface area (Å²) in [5, 5.41) is 12.2. The van der Waals surface area contributed by atoms with Crippen molar-refractivity contribution >= 4 is 18.2 Å². The Morgan fingerprint density at radius 1 is 1.06 bits per heavy atom. The van der Waals surface area contributed by atoms with E-state index < -0.39 is 29.3 Å². The molecule has 0 radical (unpaired) electrons. The van der Waals surface area contributed by atoms with Crippen molar-refractivity contribution in [3.8, 4) is 11.1 Å². The molecule has 0 aromatic heterocycles. The minimum absolute atomic E-state index is 0.0401. The molecule has 1 aliphatic heterocycles. The largest absolute Gasteiger partial charge is 0.481 e. The van der Waals surface area contributed by atoms with Crippen molar-refractivity contribution in [2.24, 2.45) is 0 Å². The molecule has 1 aliphatic carbocycles. The van der Waals surface area contributed by atoms with Crippen LogP contribution in [0, 0.1) is 0 Å². The van der Waals surface area contributed by atoms with E-state index >= 15 is 0 Å². The molecule has 34 heavy (non-hydrogen) atoms. The number of likely N-dealkylation sites (tertiary alicyclic amines) is 1. The number of hydrogen-bond donors (Lipinski definition) is 2. The molecule has 1 unspecified atom stereocenters. The number of hydrogen-bond acceptors (Lipinski definition) is 5. The highest BCUT2D eigenvalue weighted by atomic mass is 16.6. The number of nitrogens with zero attached hydrogens (tertiary/aromatic N) is 1. The SMILES string of the molecule is CC(C)(C)OC(=O)N1CCC(CC(=O)O)(NC(=O)OCC2c3ccccc3-c3ccccc32)C1. The molecule has 2 aromatic carbocycles. The highest BCUT2D eigenvalue weighted by molar-refractivity contribution is 5.79. The molecular weight excluding hydrogens is 436 g/mol. The summed E-state index contributed by atoms with van der Waals surface area (Å²) in [6.07, 6.45) is -1.26. The van der Waals surface area contributed by atoms with Crippen molar-refractivity contribution in [1.82, 2.24) is 10.2 Å². The number of benzene rings is 2. The van der Waals surface area contributed by atoms with Gasteiger partial charge in [0.15, 0.2) is 0 Å². The molecule has 1 saturated heterocycles. The van der Waals surface area contributed by atoms with Crippen molar-refractivity contribution in [2.45, 2.75) is 50.7 Å². The van der Waals surface area contributed by atoms with Crippen molar-refractivity contribution in [1.29, 1.82) is 0 Å². The number of rotatable bonds is 5. The Hall–Kier alpha value is -3.55. The summed E-state index contributed by atoms with van der Waals surface area (Å²) in [5.74, 6) is -1.17. The zero-order valence-corrected chi connectivity index (χ0v) is 19.7. The number of aliphatic carboxylic acids is 1. The Kier molecular flexibility index (Phi) is 6.25. The average molecular weight is 467 g/mol. The molecular formula is C26H30N2O6. The van der Waals surface area contributed by atoms with Crippen molar-refractivity contribution in [3.63, 3.8) is 0 Å². The summed E-state index contributed by atoms with van der Waals surface area (Å²) in [5.41, 5.74) is 2.64. The maximum Gasteiger partial charge on any atom is 0.410 e. The molecule has 0 bridgehead atoms. The van der Waals surface area contributed by atoms with Crippen LogP contribution in [0.25, 0.3) is 11.1 Å². The van der Waals surface area contributed by atoms with Gasteiger partial charge in [0.25, 0.3) is 0 Å². The fourth-order valence-electron chi connectivity index (χ4n) is 4.79. The summed E-state index contributed by atoms with van der Waals surface area (Å²) in [6, 6.07) is 16.1. The van der Waals surface area contributed by atoms with E-state index in [1.54, 1.807) is 20.8 Å². The lowest BCUT2D eigenvalue weighted by Gasteiger charge is -2.30. The van der Waals surface area contributed by atoms with Gasteiger partial charge in [0.1, 0.15) is 12.2 Å². The molecule has 8 heteroatoms. The number of amides is 2. The van der Waals surface area contributed by atoms with E-state index in [-0.39, 0.29) is 32.0 Å². The smallest absolute Gasteiger partial charge is 0.410 e. The monoisotopic (exact) mass is 466 g/mol. The van der Waals surface area contributed by atoms with Crippen molar-refractivity contribution in [3.05, 3.63) is 59.7 Å². The predicted molar refractivity (Wildman–Crippen MR) is 126 cm³/mol. The number of nitrogens with one attached hydrogen (secondary N) is 1. The summed E-state index contributed by atoms with van der Waals surface area (Å²) < 4.78 is 11.0. The third-order valence-corrected chi connectivity index (χ3v) is 6.21. The number of carbonyl (C=O) groups is 3. The summed E-state index contributed by atoms with van der Waals surface area (Å²) >= 11 is 0. The number of ether oxygens (including phenoxy) is 2. The number of carboxylic acid groups (broad SMARTS) is 1. The topological polar surface area (TPSA) is 105 Å². The first-order valence-corrected chi connectivity index (χ1v) is 11.4. The van der Waals surface area contributed by atoms with Gasteiger partial charge < -0.3 is 24.8 Å². The summed E-state index contributed by atoms with van der Waals surface area (Å²) in [7, 11) is 0. The van der Waals surface area contributed by atoms with Crippen LogP contribution in [0.4, 0.5) is 9.59 Å². The van der Waals surface area contributed by atoms with Crippen molar-refractivity contribution in [2.75, 3.05) is 19.7 Å². The molecule has 2 aliphatic rings. The number of alkyl carbamates (subject to hydrolysis) is 1. The van der Waals surface area contributed by atoms with Crippen LogP contribution in [-0.2, 0) is 14.3 Å². The van der Waals surface area contributed by atoms with E-state index in [0.717, 1.165) is 22.3 Å². The third-order valence-electron chi connectivity index (χ3n) is 6.21. The lowest BCUT2D eigenvalue weighted by Crippen LogP contribution is -2.52. The second kappa shape index (κ2) is 9.00. The lowest BCUT2D eigenvalue weighted by atomic mass is 9.94. The molecule has 8 nitrogen and oxygen atoms in total. The van der Waals surface area contributed by atoms with Gasteiger partial charge in [-0.3, -0.25) is 4.79 Å². The van der Waals surface area contributed by atoms with E-state index in [2.05, 4.69) is 17.4 Å². The van der Waals surface area contributed by atoms with Gasteiger partial charge in [0.05, 0.1) is 12.0 Å². The Balaban J connectivity index is 1.44. The van der Waals surface area contributed by atoms with Gasteiger partial charge in [-0.1, -0.05) is 48.5 Å². The molecule has 2 N–H and O–H groups in total. The first kappa shape index (κ1) is 23.6. The van der Waals surface area contributed by atoms with Gasteiger partial charge in [-0.25, -0.2) is 9.59 Å². The average Bonchev–Trinajstić information content (AvgIpc) is 3.30. The molecule has 0 saturated carbocycles. The molecule has 4 rings (SSSR count). The van der Waals surface area contributed by atoms with Gasteiger partial charge in [-0.05, 0) is 49.4 Å². The number of carboxylic acids is 1. The van der Waals surface area contributed by atoms with Crippen LogP contribution >= 0.6 is 0 Å². The summed E-state index contributed by atoms with van der Waals surface area (Å²) in [6.45, 7) is 5.74. The molecule has 2 amide bonds. The minimum atomic E-state index is -1.12. The van der Waals surface area contributed by atoms with E-state index in [1.807, 2.05) is 36.4 Å². The second-order valence-corrected chi connectivity index (χ2v) is 9.95. The van der Waals surface area contributed by atoms with E-state index in [1.165, 1.54) is 4.90 Å². The fourth-order valence-corrected chi connectivity index (χ4v) is 4.79. The second-order valence-electron chi connectivity index (χ2n) is 9.95. The molecule has 180 valence electrons. The molecule has 0 spiro atoms. The highest BCUT2D eigenvalue weighted by Crippen LogP contribution is 2.44. The molecule has 1 atom stereocenters.